The lowest BCUT2D eigenvalue weighted by atomic mass is 10.1. The molecule has 0 unspecified atom stereocenters. The second-order valence-electron chi connectivity index (χ2n) is 5.96. The van der Waals surface area contributed by atoms with Gasteiger partial charge in [-0.3, -0.25) is 0 Å². The Labute approximate surface area is 147 Å². The SMILES string of the molecule is Cc1ccc2c(CCNC(=O)NCCOc3ccccc3)c[nH]c2c1. The van der Waals surface area contributed by atoms with Crippen molar-refractivity contribution in [2.75, 3.05) is 19.7 Å². The Bertz CT molecular complexity index is 827. The maximum atomic E-state index is 11.8. The summed E-state index contributed by atoms with van der Waals surface area (Å²) in [6, 6.07) is 15.7. The van der Waals surface area contributed by atoms with Gasteiger partial charge < -0.3 is 20.4 Å². The first-order chi connectivity index (χ1) is 12.2. The summed E-state index contributed by atoms with van der Waals surface area (Å²) in [4.78, 5) is 15.1. The van der Waals surface area contributed by atoms with E-state index in [2.05, 4.69) is 40.7 Å². The van der Waals surface area contributed by atoms with Crippen LogP contribution in [0.5, 0.6) is 5.75 Å². The Morgan fingerprint density at radius 2 is 1.88 bits per heavy atom. The molecule has 0 saturated heterocycles. The average Bonchev–Trinajstić information content (AvgIpc) is 3.02. The number of ether oxygens (including phenoxy) is 1. The van der Waals surface area contributed by atoms with Gasteiger partial charge in [-0.2, -0.15) is 0 Å². The van der Waals surface area contributed by atoms with Crippen LogP contribution in [-0.2, 0) is 6.42 Å². The van der Waals surface area contributed by atoms with Crippen LogP contribution in [-0.4, -0.2) is 30.7 Å². The van der Waals surface area contributed by atoms with Crippen LogP contribution < -0.4 is 15.4 Å². The van der Waals surface area contributed by atoms with Gasteiger partial charge in [0.05, 0.1) is 6.54 Å². The number of carbonyl (C=O) groups excluding carboxylic acids is 1. The summed E-state index contributed by atoms with van der Waals surface area (Å²) >= 11 is 0. The van der Waals surface area contributed by atoms with Crippen molar-refractivity contribution >= 4 is 16.9 Å². The number of nitrogens with one attached hydrogen (secondary N) is 3. The number of aromatic nitrogens is 1. The first-order valence-electron chi connectivity index (χ1n) is 8.48. The third-order valence-electron chi connectivity index (χ3n) is 4.00. The Morgan fingerprint density at radius 1 is 1.08 bits per heavy atom. The highest BCUT2D eigenvalue weighted by molar-refractivity contribution is 5.83. The minimum absolute atomic E-state index is 0.174. The Morgan fingerprint density at radius 3 is 2.72 bits per heavy atom. The highest BCUT2D eigenvalue weighted by Crippen LogP contribution is 2.19. The minimum atomic E-state index is -0.174. The number of rotatable bonds is 7. The smallest absolute Gasteiger partial charge is 0.314 e. The van der Waals surface area contributed by atoms with Crippen LogP contribution in [0.1, 0.15) is 11.1 Å². The van der Waals surface area contributed by atoms with Crippen LogP contribution in [0.2, 0.25) is 0 Å². The van der Waals surface area contributed by atoms with Crippen molar-refractivity contribution in [2.45, 2.75) is 13.3 Å². The number of aryl methyl sites for hydroxylation is 1. The van der Waals surface area contributed by atoms with E-state index in [1.807, 2.05) is 36.5 Å². The number of para-hydroxylation sites is 1. The third kappa shape index (κ3) is 4.76. The molecule has 0 saturated carbocycles. The lowest BCUT2D eigenvalue weighted by Gasteiger charge is -2.09. The molecule has 0 atom stereocenters. The molecule has 2 amide bonds. The van der Waals surface area contributed by atoms with Gasteiger partial charge in [-0.1, -0.05) is 30.3 Å². The first kappa shape index (κ1) is 16.9. The fourth-order valence-corrected chi connectivity index (χ4v) is 2.73. The summed E-state index contributed by atoms with van der Waals surface area (Å²) in [6.07, 6.45) is 2.80. The zero-order valence-electron chi connectivity index (χ0n) is 14.3. The Kier molecular flexibility index (Phi) is 5.57. The van der Waals surface area contributed by atoms with Gasteiger partial charge in [0.2, 0.25) is 0 Å². The highest BCUT2D eigenvalue weighted by Gasteiger charge is 2.05. The predicted octanol–water partition coefficient (Wildman–Crippen LogP) is 3.40. The van der Waals surface area contributed by atoms with Gasteiger partial charge in [-0.15, -0.1) is 0 Å². The van der Waals surface area contributed by atoms with E-state index in [0.29, 0.717) is 19.7 Å². The highest BCUT2D eigenvalue weighted by atomic mass is 16.5. The summed E-state index contributed by atoms with van der Waals surface area (Å²) in [5, 5.41) is 6.88. The fraction of sp³-hybridized carbons (Fsp3) is 0.250. The Hall–Kier alpha value is -2.95. The topological polar surface area (TPSA) is 66.2 Å². The lowest BCUT2D eigenvalue weighted by molar-refractivity contribution is 0.236. The summed E-state index contributed by atoms with van der Waals surface area (Å²) in [5.41, 5.74) is 3.58. The monoisotopic (exact) mass is 337 g/mol. The molecule has 5 nitrogen and oxygen atoms in total. The molecule has 0 aliphatic carbocycles. The van der Waals surface area contributed by atoms with Gasteiger partial charge in [0.1, 0.15) is 12.4 Å². The maximum Gasteiger partial charge on any atom is 0.314 e. The van der Waals surface area contributed by atoms with E-state index in [0.717, 1.165) is 17.7 Å². The van der Waals surface area contributed by atoms with Crippen molar-refractivity contribution in [3.63, 3.8) is 0 Å². The second-order valence-corrected chi connectivity index (χ2v) is 5.96. The number of benzene rings is 2. The van der Waals surface area contributed by atoms with Gasteiger partial charge in [0.15, 0.2) is 0 Å². The molecule has 1 aromatic heterocycles. The summed E-state index contributed by atoms with van der Waals surface area (Å²) < 4.78 is 5.53. The van der Waals surface area contributed by atoms with Crippen LogP contribution >= 0.6 is 0 Å². The van der Waals surface area contributed by atoms with Crippen LogP contribution in [0.4, 0.5) is 4.79 Å². The molecule has 5 heteroatoms. The average molecular weight is 337 g/mol. The zero-order chi connectivity index (χ0) is 17.5. The van der Waals surface area contributed by atoms with Crippen LogP contribution in [0.3, 0.4) is 0 Å². The fourth-order valence-electron chi connectivity index (χ4n) is 2.73. The first-order valence-corrected chi connectivity index (χ1v) is 8.48. The summed E-state index contributed by atoms with van der Waals surface area (Å²) in [7, 11) is 0. The number of fused-ring (bicyclic) bond motifs is 1. The van der Waals surface area contributed by atoms with E-state index >= 15 is 0 Å². The molecule has 0 fully saturated rings. The minimum Gasteiger partial charge on any atom is -0.492 e. The van der Waals surface area contributed by atoms with E-state index in [-0.39, 0.29) is 6.03 Å². The predicted molar refractivity (Wildman–Crippen MR) is 100 cm³/mol. The van der Waals surface area contributed by atoms with E-state index in [1.54, 1.807) is 0 Å². The van der Waals surface area contributed by atoms with Gasteiger partial charge >= 0.3 is 6.03 Å². The van der Waals surface area contributed by atoms with Gasteiger partial charge in [0, 0.05) is 23.6 Å². The van der Waals surface area contributed by atoms with Crippen LogP contribution in [0, 0.1) is 6.92 Å². The van der Waals surface area contributed by atoms with Crippen molar-refractivity contribution in [3.8, 4) is 5.75 Å². The molecule has 0 bridgehead atoms. The number of amides is 2. The molecule has 3 N–H and O–H groups in total. The largest absolute Gasteiger partial charge is 0.492 e. The van der Waals surface area contributed by atoms with Crippen molar-refractivity contribution < 1.29 is 9.53 Å². The molecule has 0 radical (unpaired) electrons. The Balaban J connectivity index is 1.36. The van der Waals surface area contributed by atoms with Crippen molar-refractivity contribution in [1.82, 2.24) is 15.6 Å². The lowest BCUT2D eigenvalue weighted by Crippen LogP contribution is -2.38. The molecule has 130 valence electrons. The molecule has 3 aromatic rings. The van der Waals surface area contributed by atoms with E-state index in [9.17, 15) is 4.79 Å². The number of hydrogen-bond acceptors (Lipinski definition) is 2. The molecule has 0 aliphatic rings. The maximum absolute atomic E-state index is 11.8. The number of aromatic amines is 1. The molecule has 25 heavy (non-hydrogen) atoms. The molecule has 2 aromatic carbocycles. The molecular formula is C20H23N3O2. The second kappa shape index (κ2) is 8.24. The van der Waals surface area contributed by atoms with Crippen molar-refractivity contribution in [2.24, 2.45) is 0 Å². The van der Waals surface area contributed by atoms with Crippen molar-refractivity contribution in [3.05, 3.63) is 65.9 Å². The molecule has 1 heterocycles. The van der Waals surface area contributed by atoms with E-state index in [4.69, 9.17) is 4.74 Å². The van der Waals surface area contributed by atoms with Gasteiger partial charge in [-0.25, -0.2) is 4.79 Å². The van der Waals surface area contributed by atoms with Crippen molar-refractivity contribution in [1.29, 1.82) is 0 Å². The summed E-state index contributed by atoms with van der Waals surface area (Å²) in [6.45, 7) is 3.58. The zero-order valence-corrected chi connectivity index (χ0v) is 14.3. The van der Waals surface area contributed by atoms with E-state index < -0.39 is 0 Å². The molecule has 3 rings (SSSR count). The van der Waals surface area contributed by atoms with Gasteiger partial charge in [0.25, 0.3) is 0 Å². The number of hydrogen-bond donors (Lipinski definition) is 3. The normalized spacial score (nSPS) is 10.6. The molecule has 0 spiro atoms. The molecular weight excluding hydrogens is 314 g/mol. The number of carbonyl (C=O) groups is 1. The van der Waals surface area contributed by atoms with Crippen LogP contribution in [0.15, 0.2) is 54.7 Å². The molecule has 0 aliphatic heterocycles. The van der Waals surface area contributed by atoms with Gasteiger partial charge in [-0.05, 0) is 42.7 Å². The number of H-pyrrole nitrogens is 1. The van der Waals surface area contributed by atoms with E-state index in [1.165, 1.54) is 16.5 Å². The standard InChI is InChI=1S/C20H23N3O2/c1-15-7-8-18-16(14-23-19(18)13-15)9-10-21-20(24)22-11-12-25-17-5-3-2-4-6-17/h2-8,13-14,23H,9-12H2,1H3,(H2,21,22,24). The van der Waals surface area contributed by atoms with Crippen LogP contribution in [0.25, 0.3) is 10.9 Å². The third-order valence-corrected chi connectivity index (χ3v) is 4.00. The quantitative estimate of drug-likeness (QED) is 0.579. The summed E-state index contributed by atoms with van der Waals surface area (Å²) in [5.74, 6) is 0.805. The number of urea groups is 1.